The van der Waals surface area contributed by atoms with Crippen LogP contribution < -0.4 is 5.32 Å². The number of carbonyl (C=O) groups is 1. The fraction of sp³-hybridized carbons (Fsp3) is 0.0769. The molecule has 0 saturated carbocycles. The molecule has 0 radical (unpaired) electrons. The maximum Gasteiger partial charge on any atom is 0.256 e. The summed E-state index contributed by atoms with van der Waals surface area (Å²) < 4.78 is 49.5. The van der Waals surface area contributed by atoms with Crippen molar-refractivity contribution in [3.05, 3.63) is 95.6 Å². The summed E-state index contributed by atoms with van der Waals surface area (Å²) in [4.78, 5) is 17.6. The molecular weight excluding hydrogens is 520 g/mol. The Morgan fingerprint density at radius 3 is 2.25 bits per heavy atom. The molecule has 1 N–H and O–H groups in total. The minimum Gasteiger partial charge on any atom is -0.322 e. The number of nitrogens with zero attached hydrogens (tertiary/aromatic N) is 1. The quantitative estimate of drug-likeness (QED) is 0.363. The van der Waals surface area contributed by atoms with Crippen LogP contribution in [0.5, 0.6) is 0 Å². The number of aromatic nitrogens is 1. The second kappa shape index (κ2) is 9.85. The Morgan fingerprint density at radius 1 is 0.806 bits per heavy atom. The van der Waals surface area contributed by atoms with Gasteiger partial charge in [0.1, 0.15) is 0 Å². The molecule has 0 spiro atoms. The molecule has 36 heavy (non-hydrogen) atoms. The standard InChI is InChI=1S/C26H21ClN2O5S2/c1-35(31,32)20-10-11-21(22(16-20)23-15-18(27)9-12-25(23)36(2,33)34)26(30)29-19-7-5-6-17(14-19)24-8-3-4-13-28-24/h3-16H,1-2H3,(H,29,30). The van der Waals surface area contributed by atoms with E-state index in [2.05, 4.69) is 10.3 Å². The van der Waals surface area contributed by atoms with Gasteiger partial charge in [-0.2, -0.15) is 0 Å². The number of nitrogens with one attached hydrogen (secondary N) is 1. The third-order valence-corrected chi connectivity index (χ3v) is 7.88. The van der Waals surface area contributed by atoms with Crippen molar-refractivity contribution >= 4 is 42.9 Å². The van der Waals surface area contributed by atoms with Crippen molar-refractivity contribution in [2.75, 3.05) is 17.8 Å². The summed E-state index contributed by atoms with van der Waals surface area (Å²) in [7, 11) is -7.38. The van der Waals surface area contributed by atoms with Crippen LogP contribution in [0.1, 0.15) is 10.4 Å². The number of anilines is 1. The number of hydrogen-bond acceptors (Lipinski definition) is 6. The van der Waals surface area contributed by atoms with Gasteiger partial charge in [-0.25, -0.2) is 16.8 Å². The lowest BCUT2D eigenvalue weighted by Gasteiger charge is -2.15. The number of sulfone groups is 2. The van der Waals surface area contributed by atoms with E-state index in [0.29, 0.717) is 5.69 Å². The van der Waals surface area contributed by atoms with E-state index in [9.17, 15) is 21.6 Å². The predicted octanol–water partition coefficient (Wildman–Crippen LogP) is 5.13. The molecule has 0 aliphatic heterocycles. The summed E-state index contributed by atoms with van der Waals surface area (Å²) >= 11 is 6.16. The summed E-state index contributed by atoms with van der Waals surface area (Å²) in [6, 6.07) is 20.7. The number of halogens is 1. The number of pyridine rings is 1. The summed E-state index contributed by atoms with van der Waals surface area (Å²) in [6.07, 6.45) is 3.73. The van der Waals surface area contributed by atoms with Crippen molar-refractivity contribution in [1.82, 2.24) is 4.98 Å². The number of amides is 1. The molecule has 0 saturated heterocycles. The molecule has 7 nitrogen and oxygen atoms in total. The first-order chi connectivity index (χ1) is 16.9. The highest BCUT2D eigenvalue weighted by Crippen LogP contribution is 2.35. The highest BCUT2D eigenvalue weighted by Gasteiger charge is 2.22. The fourth-order valence-electron chi connectivity index (χ4n) is 3.70. The van der Waals surface area contributed by atoms with Crippen LogP contribution in [-0.4, -0.2) is 40.2 Å². The average molecular weight is 541 g/mol. The van der Waals surface area contributed by atoms with E-state index >= 15 is 0 Å². The van der Waals surface area contributed by atoms with E-state index in [0.717, 1.165) is 23.8 Å². The number of hydrogen-bond donors (Lipinski definition) is 1. The summed E-state index contributed by atoms with van der Waals surface area (Å²) in [5.74, 6) is -0.553. The smallest absolute Gasteiger partial charge is 0.256 e. The summed E-state index contributed by atoms with van der Waals surface area (Å²) in [6.45, 7) is 0. The van der Waals surface area contributed by atoms with E-state index in [1.54, 1.807) is 30.5 Å². The lowest BCUT2D eigenvalue weighted by atomic mass is 9.98. The minimum absolute atomic E-state index is 0.0642. The first kappa shape index (κ1) is 25.6. The summed E-state index contributed by atoms with van der Waals surface area (Å²) in [5, 5.41) is 3.04. The van der Waals surface area contributed by atoms with Crippen LogP contribution in [-0.2, 0) is 19.7 Å². The lowest BCUT2D eigenvalue weighted by Crippen LogP contribution is -2.14. The SMILES string of the molecule is CS(=O)(=O)c1ccc(C(=O)Nc2cccc(-c3ccccn3)c2)c(-c2cc(Cl)ccc2S(C)(=O)=O)c1. The van der Waals surface area contributed by atoms with Gasteiger partial charge in [0.15, 0.2) is 19.7 Å². The molecule has 1 aromatic heterocycles. The molecule has 0 aliphatic carbocycles. The van der Waals surface area contributed by atoms with Gasteiger partial charge < -0.3 is 5.32 Å². The molecule has 0 aliphatic rings. The monoisotopic (exact) mass is 540 g/mol. The van der Waals surface area contributed by atoms with E-state index < -0.39 is 25.6 Å². The Labute approximate surface area is 214 Å². The molecule has 0 unspecified atom stereocenters. The van der Waals surface area contributed by atoms with Crippen molar-refractivity contribution in [1.29, 1.82) is 0 Å². The molecule has 1 amide bonds. The Kier molecular flexibility index (Phi) is 6.99. The first-order valence-corrected chi connectivity index (χ1v) is 14.8. The van der Waals surface area contributed by atoms with Gasteiger partial charge in [-0.05, 0) is 66.2 Å². The van der Waals surface area contributed by atoms with Crippen molar-refractivity contribution in [3.8, 4) is 22.4 Å². The topological polar surface area (TPSA) is 110 Å². The van der Waals surface area contributed by atoms with E-state index in [1.807, 2.05) is 18.2 Å². The zero-order valence-electron chi connectivity index (χ0n) is 19.3. The first-order valence-electron chi connectivity index (χ1n) is 10.6. The molecule has 184 valence electrons. The van der Waals surface area contributed by atoms with Crippen LogP contribution in [0.3, 0.4) is 0 Å². The maximum atomic E-state index is 13.4. The van der Waals surface area contributed by atoms with Crippen LogP contribution in [0.2, 0.25) is 5.02 Å². The minimum atomic E-state index is -3.73. The average Bonchev–Trinajstić information content (AvgIpc) is 2.83. The van der Waals surface area contributed by atoms with Gasteiger partial charge in [-0.15, -0.1) is 0 Å². The van der Waals surface area contributed by atoms with Crippen molar-refractivity contribution in [3.63, 3.8) is 0 Å². The second-order valence-corrected chi connectivity index (χ2v) is 12.6. The van der Waals surface area contributed by atoms with Crippen molar-refractivity contribution < 1.29 is 21.6 Å². The van der Waals surface area contributed by atoms with Gasteiger partial charge in [-0.3, -0.25) is 9.78 Å². The van der Waals surface area contributed by atoms with Gasteiger partial charge in [-0.1, -0.05) is 29.8 Å². The van der Waals surface area contributed by atoms with E-state index in [-0.39, 0.29) is 31.5 Å². The molecular formula is C26H21ClN2O5S2. The normalized spacial score (nSPS) is 11.8. The van der Waals surface area contributed by atoms with E-state index in [4.69, 9.17) is 11.6 Å². The third kappa shape index (κ3) is 5.64. The van der Waals surface area contributed by atoms with Crippen LogP contribution in [0.4, 0.5) is 5.69 Å². The molecule has 10 heteroatoms. The Morgan fingerprint density at radius 2 is 1.58 bits per heavy atom. The maximum absolute atomic E-state index is 13.4. The number of carbonyl (C=O) groups excluding carboxylic acids is 1. The molecule has 0 fully saturated rings. The van der Waals surface area contributed by atoms with Gasteiger partial charge in [0, 0.05) is 46.1 Å². The predicted molar refractivity (Wildman–Crippen MR) is 141 cm³/mol. The Balaban J connectivity index is 1.84. The Hall–Kier alpha value is -3.53. The van der Waals surface area contributed by atoms with Crippen molar-refractivity contribution in [2.45, 2.75) is 9.79 Å². The van der Waals surface area contributed by atoms with Crippen LogP contribution in [0.25, 0.3) is 22.4 Å². The molecule has 4 rings (SSSR count). The molecule has 0 atom stereocenters. The van der Waals surface area contributed by atoms with Crippen LogP contribution >= 0.6 is 11.6 Å². The van der Waals surface area contributed by atoms with Crippen LogP contribution in [0.15, 0.2) is 94.9 Å². The highest BCUT2D eigenvalue weighted by molar-refractivity contribution is 7.91. The molecule has 3 aromatic carbocycles. The molecule has 4 aromatic rings. The second-order valence-electron chi connectivity index (χ2n) is 8.14. The fourth-order valence-corrected chi connectivity index (χ4v) is 5.40. The lowest BCUT2D eigenvalue weighted by molar-refractivity contribution is 0.102. The highest BCUT2D eigenvalue weighted by atomic mass is 35.5. The number of rotatable bonds is 6. The van der Waals surface area contributed by atoms with Gasteiger partial charge >= 0.3 is 0 Å². The largest absolute Gasteiger partial charge is 0.322 e. The Bertz CT molecular complexity index is 1690. The van der Waals surface area contributed by atoms with Gasteiger partial charge in [0.05, 0.1) is 15.5 Å². The third-order valence-electron chi connectivity index (χ3n) is 5.38. The zero-order valence-corrected chi connectivity index (χ0v) is 21.7. The molecule has 0 bridgehead atoms. The van der Waals surface area contributed by atoms with E-state index in [1.165, 1.54) is 36.4 Å². The number of benzene rings is 3. The van der Waals surface area contributed by atoms with Gasteiger partial charge in [0.25, 0.3) is 5.91 Å². The molecule has 1 heterocycles. The zero-order chi connectivity index (χ0) is 26.1. The summed E-state index contributed by atoms with van der Waals surface area (Å²) in [5.41, 5.74) is 2.33. The van der Waals surface area contributed by atoms with Gasteiger partial charge in [0.2, 0.25) is 0 Å². The van der Waals surface area contributed by atoms with Crippen molar-refractivity contribution in [2.24, 2.45) is 0 Å². The van der Waals surface area contributed by atoms with Crippen LogP contribution in [0, 0.1) is 0 Å².